The zero-order valence-electron chi connectivity index (χ0n) is 14.2. The third-order valence-corrected chi connectivity index (χ3v) is 5.49. The second-order valence-electron chi connectivity index (χ2n) is 6.09. The number of nitrogens with one attached hydrogen (secondary N) is 1. The van der Waals surface area contributed by atoms with Crippen LogP contribution < -0.4 is 5.32 Å². The van der Waals surface area contributed by atoms with E-state index in [0.29, 0.717) is 23.6 Å². The fourth-order valence-corrected chi connectivity index (χ4v) is 4.27. The van der Waals surface area contributed by atoms with Crippen molar-refractivity contribution in [2.24, 2.45) is 10.9 Å². The second kappa shape index (κ2) is 7.88. The number of carbonyl (C=O) groups excluding carboxylic acids is 1. The number of carboxylic acids is 1. The molecule has 3 atom stereocenters. The first-order valence-corrected chi connectivity index (χ1v) is 9.24. The number of pyridine rings is 1. The summed E-state index contributed by atoms with van der Waals surface area (Å²) in [5, 5.41) is 22.2. The molecule has 1 saturated heterocycles. The lowest BCUT2D eigenvalue weighted by molar-refractivity contribution is -0.161. The predicted molar refractivity (Wildman–Crippen MR) is 98.8 cm³/mol. The fourth-order valence-electron chi connectivity index (χ4n) is 3.21. The second-order valence-corrected chi connectivity index (χ2v) is 7.28. The molecule has 9 heteroatoms. The normalized spacial score (nSPS) is 23.2. The number of rotatable bonds is 8. The number of nitrogens with zero attached hydrogens (tertiary/aromatic N) is 3. The van der Waals surface area contributed by atoms with Crippen LogP contribution in [0.3, 0.4) is 0 Å². The number of anilines is 1. The van der Waals surface area contributed by atoms with Crippen LogP contribution >= 0.6 is 11.8 Å². The van der Waals surface area contributed by atoms with Crippen LogP contribution in [-0.2, 0) is 9.59 Å². The van der Waals surface area contributed by atoms with Crippen LogP contribution in [-0.4, -0.2) is 62.8 Å². The smallest absolute Gasteiger partial charge is 0.353 e. The minimum atomic E-state index is -1.10. The number of β-lactam (4-membered cyclic amide) rings is 1. The van der Waals surface area contributed by atoms with Crippen LogP contribution in [0.15, 0.2) is 40.1 Å². The van der Waals surface area contributed by atoms with Crippen LogP contribution in [0.1, 0.15) is 13.3 Å². The fraction of sp³-hybridized carbons (Fsp3) is 0.412. The van der Waals surface area contributed by atoms with Crippen molar-refractivity contribution >= 4 is 35.7 Å². The molecule has 138 valence electrons. The van der Waals surface area contributed by atoms with E-state index in [1.54, 1.807) is 25.7 Å². The number of hydrogen-bond acceptors (Lipinski definition) is 6. The Balaban J connectivity index is 1.53. The lowest BCUT2D eigenvalue weighted by atomic mass is 9.83. The van der Waals surface area contributed by atoms with E-state index >= 15 is 0 Å². The average molecular weight is 376 g/mol. The van der Waals surface area contributed by atoms with Gasteiger partial charge in [-0.3, -0.25) is 14.8 Å². The maximum atomic E-state index is 12.1. The van der Waals surface area contributed by atoms with Crippen LogP contribution in [0.4, 0.5) is 5.69 Å². The van der Waals surface area contributed by atoms with Gasteiger partial charge in [0.15, 0.2) is 0 Å². The summed E-state index contributed by atoms with van der Waals surface area (Å²) in [7, 11) is 0. The molecule has 0 aromatic carbocycles. The number of aliphatic hydroxyl groups excluding tert-OH is 1. The molecule has 1 aromatic heterocycles. The summed E-state index contributed by atoms with van der Waals surface area (Å²) < 4.78 is 0. The van der Waals surface area contributed by atoms with Gasteiger partial charge >= 0.3 is 5.97 Å². The summed E-state index contributed by atoms with van der Waals surface area (Å²) in [5.74, 6) is -1.31. The molecular formula is C17H20N4O4S. The summed E-state index contributed by atoms with van der Waals surface area (Å²) in [4.78, 5) is 33.8. The summed E-state index contributed by atoms with van der Waals surface area (Å²) in [5.41, 5.74) is 0.941. The van der Waals surface area contributed by atoms with Gasteiger partial charge in [-0.2, -0.15) is 0 Å². The van der Waals surface area contributed by atoms with Gasteiger partial charge < -0.3 is 20.4 Å². The number of aliphatic imine (C=N–C) groups is 1. The van der Waals surface area contributed by atoms with E-state index in [2.05, 4.69) is 15.3 Å². The summed E-state index contributed by atoms with van der Waals surface area (Å²) >= 11 is 1.40. The first-order valence-electron chi connectivity index (χ1n) is 8.26. The van der Waals surface area contributed by atoms with Crippen LogP contribution in [0, 0.1) is 5.92 Å². The van der Waals surface area contributed by atoms with Gasteiger partial charge in [0.25, 0.3) is 0 Å². The maximum absolute atomic E-state index is 12.1. The molecule has 1 aromatic rings. The Kier molecular flexibility index (Phi) is 5.58. The van der Waals surface area contributed by atoms with Crippen molar-refractivity contribution < 1.29 is 19.8 Å². The van der Waals surface area contributed by atoms with E-state index in [1.165, 1.54) is 16.7 Å². The molecule has 0 aliphatic carbocycles. The summed E-state index contributed by atoms with van der Waals surface area (Å²) in [6, 6.07) is 3.40. The lowest BCUT2D eigenvalue weighted by Crippen LogP contribution is -2.61. The number of aliphatic hydroxyl groups is 1. The number of hydrogen-bond donors (Lipinski definition) is 3. The van der Waals surface area contributed by atoms with Crippen molar-refractivity contribution in [3.8, 4) is 0 Å². The van der Waals surface area contributed by atoms with Crippen molar-refractivity contribution in [1.29, 1.82) is 0 Å². The standard InChI is InChI=1S/C17H20N4O4S/c1-10(22)14-12-8-13(15(17(24)25)21(12)16(14)23)26-7-6-19-9-20-11-2-4-18-5-3-11/h2-5,9-10,12,14,22H,6-8H2,1H3,(H,24,25)(H,18,19,20)/t10-,12-,14-/m1/s1. The van der Waals surface area contributed by atoms with Crippen molar-refractivity contribution in [2.45, 2.75) is 25.5 Å². The zero-order valence-corrected chi connectivity index (χ0v) is 15.0. The number of amides is 1. The molecule has 0 radical (unpaired) electrons. The SMILES string of the molecule is C[C@@H](O)[C@H]1C(=O)N2C(C(=O)O)=C(SCCN=CNc3ccncc3)C[C@H]12. The number of fused-ring (bicyclic) bond motifs is 1. The Hall–Kier alpha value is -2.39. The first kappa shape index (κ1) is 18.4. The topological polar surface area (TPSA) is 115 Å². The molecule has 0 bridgehead atoms. The molecule has 3 N–H and O–H groups in total. The highest BCUT2D eigenvalue weighted by Gasteiger charge is 2.56. The number of aromatic nitrogens is 1. The lowest BCUT2D eigenvalue weighted by Gasteiger charge is -2.44. The minimum absolute atomic E-state index is 0.0563. The van der Waals surface area contributed by atoms with Gasteiger partial charge in [0, 0.05) is 35.2 Å². The molecule has 0 unspecified atom stereocenters. The Morgan fingerprint density at radius 2 is 2.27 bits per heavy atom. The van der Waals surface area contributed by atoms with Crippen molar-refractivity contribution in [3.63, 3.8) is 0 Å². The van der Waals surface area contributed by atoms with Crippen molar-refractivity contribution in [3.05, 3.63) is 35.1 Å². The molecule has 8 nitrogen and oxygen atoms in total. The molecular weight excluding hydrogens is 356 g/mol. The highest BCUT2D eigenvalue weighted by atomic mass is 32.2. The van der Waals surface area contributed by atoms with Gasteiger partial charge in [-0.15, -0.1) is 11.8 Å². The number of aliphatic carboxylic acids is 1. The van der Waals surface area contributed by atoms with Crippen LogP contribution in [0.2, 0.25) is 0 Å². The van der Waals surface area contributed by atoms with Gasteiger partial charge in [-0.05, 0) is 19.1 Å². The monoisotopic (exact) mass is 376 g/mol. The molecule has 0 saturated carbocycles. The van der Waals surface area contributed by atoms with E-state index in [9.17, 15) is 19.8 Å². The molecule has 0 spiro atoms. The molecule has 1 fully saturated rings. The molecule has 3 rings (SSSR count). The molecule has 26 heavy (non-hydrogen) atoms. The Bertz CT molecular complexity index is 750. The van der Waals surface area contributed by atoms with E-state index < -0.39 is 18.0 Å². The molecule has 3 heterocycles. The molecule has 1 amide bonds. The highest BCUT2D eigenvalue weighted by molar-refractivity contribution is 8.03. The Morgan fingerprint density at radius 3 is 2.92 bits per heavy atom. The quantitative estimate of drug-likeness (QED) is 0.270. The zero-order chi connectivity index (χ0) is 18.7. The predicted octanol–water partition coefficient (Wildman–Crippen LogP) is 1.16. The van der Waals surface area contributed by atoms with Gasteiger partial charge in [-0.25, -0.2) is 4.79 Å². The van der Waals surface area contributed by atoms with E-state index in [0.717, 1.165) is 5.69 Å². The van der Waals surface area contributed by atoms with Gasteiger partial charge in [0.05, 0.1) is 30.9 Å². The largest absolute Gasteiger partial charge is 0.477 e. The number of carbonyl (C=O) groups is 2. The Morgan fingerprint density at radius 1 is 1.54 bits per heavy atom. The number of thioether (sulfide) groups is 1. The van der Waals surface area contributed by atoms with E-state index in [1.807, 2.05) is 12.1 Å². The molecule has 2 aliphatic heterocycles. The van der Waals surface area contributed by atoms with Crippen molar-refractivity contribution in [2.75, 3.05) is 17.6 Å². The first-order chi connectivity index (χ1) is 12.5. The van der Waals surface area contributed by atoms with Gasteiger partial charge in [-0.1, -0.05) is 0 Å². The summed E-state index contributed by atoms with van der Waals surface area (Å²) in [6.07, 6.45) is 4.66. The van der Waals surface area contributed by atoms with Crippen molar-refractivity contribution in [1.82, 2.24) is 9.88 Å². The van der Waals surface area contributed by atoms with Crippen LogP contribution in [0.25, 0.3) is 0 Å². The van der Waals surface area contributed by atoms with Crippen LogP contribution in [0.5, 0.6) is 0 Å². The maximum Gasteiger partial charge on any atom is 0.353 e. The van der Waals surface area contributed by atoms with Gasteiger partial charge in [0.1, 0.15) is 5.70 Å². The average Bonchev–Trinajstić information content (AvgIpc) is 2.93. The van der Waals surface area contributed by atoms with E-state index in [-0.39, 0.29) is 17.6 Å². The third-order valence-electron chi connectivity index (χ3n) is 4.39. The van der Waals surface area contributed by atoms with Gasteiger partial charge in [0.2, 0.25) is 5.91 Å². The minimum Gasteiger partial charge on any atom is -0.477 e. The van der Waals surface area contributed by atoms with E-state index in [4.69, 9.17) is 0 Å². The Labute approximate surface area is 155 Å². The third kappa shape index (κ3) is 3.58. The highest BCUT2D eigenvalue weighted by Crippen LogP contribution is 2.46. The summed E-state index contributed by atoms with van der Waals surface area (Å²) in [6.45, 7) is 2.08. The number of carboxylic acid groups (broad SMARTS) is 1. The molecule has 2 aliphatic rings.